The van der Waals surface area contributed by atoms with Crippen LogP contribution >= 0.6 is 22.7 Å². The van der Waals surface area contributed by atoms with Crippen molar-refractivity contribution in [2.24, 2.45) is 0 Å². The Kier molecular flexibility index (Phi) is 6.01. The molecule has 0 aliphatic carbocycles. The molecule has 152 valence electrons. The van der Waals surface area contributed by atoms with Gasteiger partial charge in [-0.25, -0.2) is 9.97 Å². The van der Waals surface area contributed by atoms with Crippen molar-refractivity contribution in [2.75, 3.05) is 17.2 Å². The molecule has 7 nitrogen and oxygen atoms in total. The van der Waals surface area contributed by atoms with Crippen molar-refractivity contribution in [3.63, 3.8) is 0 Å². The average Bonchev–Trinajstić information content (AvgIpc) is 3.34. The van der Waals surface area contributed by atoms with Crippen molar-refractivity contribution in [1.82, 2.24) is 9.97 Å². The summed E-state index contributed by atoms with van der Waals surface area (Å²) in [6.45, 7) is 2.52. The lowest BCUT2D eigenvalue weighted by Crippen LogP contribution is -2.15. The lowest BCUT2D eigenvalue weighted by Gasteiger charge is -2.01. The first-order chi connectivity index (χ1) is 14.6. The van der Waals surface area contributed by atoms with Crippen LogP contribution in [0.15, 0.2) is 53.9 Å². The first-order valence-corrected chi connectivity index (χ1v) is 10.9. The zero-order valence-corrected chi connectivity index (χ0v) is 17.7. The van der Waals surface area contributed by atoms with Gasteiger partial charge in [-0.15, -0.1) is 11.3 Å². The fourth-order valence-electron chi connectivity index (χ4n) is 2.75. The summed E-state index contributed by atoms with van der Waals surface area (Å²) in [5, 5.41) is 8.30. The van der Waals surface area contributed by atoms with Crippen LogP contribution < -0.4 is 15.4 Å². The molecule has 2 N–H and O–H groups in total. The van der Waals surface area contributed by atoms with Gasteiger partial charge in [-0.1, -0.05) is 29.5 Å². The van der Waals surface area contributed by atoms with E-state index in [1.54, 1.807) is 29.6 Å². The van der Waals surface area contributed by atoms with E-state index in [0.717, 1.165) is 16.0 Å². The monoisotopic (exact) mass is 438 g/mol. The first-order valence-electron chi connectivity index (χ1n) is 9.25. The standard InChI is InChI=1S/C21H18N4O3S2/c1-2-28-15-8-9-16-17(11-15)30-21(23-16)24-18(26)10-14-12-29-20(22-14)25-19(27)13-6-4-3-5-7-13/h3-9,11-12H,2,10H2,1H3,(H,22,25,27)(H,23,24,26). The molecular formula is C21H18N4O3S2. The Morgan fingerprint density at radius 2 is 1.87 bits per heavy atom. The van der Waals surface area contributed by atoms with Gasteiger partial charge < -0.3 is 10.1 Å². The molecule has 0 fully saturated rings. The lowest BCUT2D eigenvalue weighted by atomic mass is 10.2. The summed E-state index contributed by atoms with van der Waals surface area (Å²) >= 11 is 2.67. The van der Waals surface area contributed by atoms with Crippen molar-refractivity contribution < 1.29 is 14.3 Å². The number of rotatable bonds is 7. The minimum Gasteiger partial charge on any atom is -0.494 e. The Morgan fingerprint density at radius 3 is 2.67 bits per heavy atom. The molecule has 0 saturated carbocycles. The maximum atomic E-state index is 12.4. The van der Waals surface area contributed by atoms with Gasteiger partial charge in [0.1, 0.15) is 5.75 Å². The zero-order chi connectivity index (χ0) is 20.9. The average molecular weight is 439 g/mol. The Bertz CT molecular complexity index is 1190. The highest BCUT2D eigenvalue weighted by Gasteiger charge is 2.13. The molecule has 2 aromatic heterocycles. The molecule has 0 atom stereocenters. The molecule has 0 saturated heterocycles. The molecule has 0 radical (unpaired) electrons. The van der Waals surface area contributed by atoms with Crippen molar-refractivity contribution in [2.45, 2.75) is 13.3 Å². The molecule has 0 aliphatic rings. The van der Waals surface area contributed by atoms with Crippen LogP contribution in [0.25, 0.3) is 10.2 Å². The highest BCUT2D eigenvalue weighted by molar-refractivity contribution is 7.22. The summed E-state index contributed by atoms with van der Waals surface area (Å²) in [6.07, 6.45) is 0.0951. The number of benzene rings is 2. The third-order valence-electron chi connectivity index (χ3n) is 4.07. The van der Waals surface area contributed by atoms with E-state index in [0.29, 0.717) is 28.1 Å². The second-order valence-corrected chi connectivity index (χ2v) is 8.16. The molecule has 4 rings (SSSR count). The number of amides is 2. The van der Waals surface area contributed by atoms with E-state index in [9.17, 15) is 9.59 Å². The van der Waals surface area contributed by atoms with Gasteiger partial charge in [0, 0.05) is 10.9 Å². The number of nitrogens with one attached hydrogen (secondary N) is 2. The third-order valence-corrected chi connectivity index (χ3v) is 5.81. The number of nitrogens with zero attached hydrogens (tertiary/aromatic N) is 2. The maximum absolute atomic E-state index is 12.4. The van der Waals surface area contributed by atoms with Crippen LogP contribution in [0.5, 0.6) is 5.75 Å². The number of hydrogen-bond donors (Lipinski definition) is 2. The van der Waals surface area contributed by atoms with Crippen LogP contribution in [0.3, 0.4) is 0 Å². The predicted octanol–water partition coefficient (Wildman–Crippen LogP) is 4.59. The predicted molar refractivity (Wildman–Crippen MR) is 120 cm³/mol. The Hall–Kier alpha value is -3.30. The summed E-state index contributed by atoms with van der Waals surface area (Å²) < 4.78 is 6.44. The summed E-state index contributed by atoms with van der Waals surface area (Å²) in [4.78, 5) is 33.3. The van der Waals surface area contributed by atoms with E-state index in [1.165, 1.54) is 22.7 Å². The normalized spacial score (nSPS) is 10.7. The van der Waals surface area contributed by atoms with E-state index < -0.39 is 0 Å². The summed E-state index contributed by atoms with van der Waals surface area (Å²) in [7, 11) is 0. The second-order valence-electron chi connectivity index (χ2n) is 6.27. The largest absolute Gasteiger partial charge is 0.494 e. The van der Waals surface area contributed by atoms with Gasteiger partial charge in [0.25, 0.3) is 5.91 Å². The number of ether oxygens (including phenoxy) is 1. The topological polar surface area (TPSA) is 93.2 Å². The minimum atomic E-state index is -0.234. The number of anilines is 2. The summed E-state index contributed by atoms with van der Waals surface area (Å²) in [5.74, 6) is 0.325. The van der Waals surface area contributed by atoms with E-state index >= 15 is 0 Å². The maximum Gasteiger partial charge on any atom is 0.257 e. The Balaban J connectivity index is 1.36. The minimum absolute atomic E-state index is 0.0951. The van der Waals surface area contributed by atoms with Gasteiger partial charge in [-0.05, 0) is 37.3 Å². The van der Waals surface area contributed by atoms with Gasteiger partial charge >= 0.3 is 0 Å². The van der Waals surface area contributed by atoms with Crippen molar-refractivity contribution in [3.05, 3.63) is 65.2 Å². The molecule has 0 unspecified atom stereocenters. The van der Waals surface area contributed by atoms with E-state index in [1.807, 2.05) is 31.2 Å². The van der Waals surface area contributed by atoms with Crippen molar-refractivity contribution in [3.8, 4) is 5.75 Å². The van der Waals surface area contributed by atoms with Crippen molar-refractivity contribution in [1.29, 1.82) is 0 Å². The molecule has 2 amide bonds. The van der Waals surface area contributed by atoms with E-state index in [2.05, 4.69) is 20.6 Å². The van der Waals surface area contributed by atoms with Crippen LogP contribution in [-0.2, 0) is 11.2 Å². The smallest absolute Gasteiger partial charge is 0.257 e. The number of carbonyl (C=O) groups excluding carboxylic acids is 2. The molecular weight excluding hydrogens is 420 g/mol. The van der Waals surface area contributed by atoms with Gasteiger partial charge in [0.2, 0.25) is 5.91 Å². The van der Waals surface area contributed by atoms with E-state index in [4.69, 9.17) is 4.74 Å². The molecule has 2 aromatic carbocycles. The fraction of sp³-hybridized carbons (Fsp3) is 0.143. The number of aromatic nitrogens is 2. The fourth-order valence-corrected chi connectivity index (χ4v) is 4.36. The molecule has 0 bridgehead atoms. The van der Waals surface area contributed by atoms with Crippen LogP contribution in [0, 0.1) is 0 Å². The highest BCUT2D eigenvalue weighted by atomic mass is 32.1. The van der Waals surface area contributed by atoms with Crippen LogP contribution in [0.1, 0.15) is 23.0 Å². The molecule has 30 heavy (non-hydrogen) atoms. The molecule has 4 aromatic rings. The zero-order valence-electron chi connectivity index (χ0n) is 16.0. The van der Waals surface area contributed by atoms with E-state index in [-0.39, 0.29) is 18.2 Å². The quantitative estimate of drug-likeness (QED) is 0.440. The Labute approximate surface area is 180 Å². The van der Waals surface area contributed by atoms with Crippen molar-refractivity contribution >= 4 is 55.0 Å². The number of carbonyl (C=O) groups is 2. The van der Waals surface area contributed by atoms with Gasteiger partial charge in [-0.2, -0.15) is 0 Å². The van der Waals surface area contributed by atoms with Gasteiger partial charge in [0.05, 0.1) is 28.9 Å². The number of hydrogen-bond acceptors (Lipinski definition) is 7. The van der Waals surface area contributed by atoms with Crippen LogP contribution in [0.2, 0.25) is 0 Å². The number of fused-ring (bicyclic) bond motifs is 1. The first kappa shape index (κ1) is 20.0. The number of thiazole rings is 2. The summed E-state index contributed by atoms with van der Waals surface area (Å²) in [5.41, 5.74) is 1.94. The van der Waals surface area contributed by atoms with Crippen LogP contribution in [0.4, 0.5) is 10.3 Å². The molecule has 2 heterocycles. The second kappa shape index (κ2) is 9.02. The summed E-state index contributed by atoms with van der Waals surface area (Å²) in [6, 6.07) is 14.5. The Morgan fingerprint density at radius 1 is 1.03 bits per heavy atom. The lowest BCUT2D eigenvalue weighted by molar-refractivity contribution is -0.115. The third kappa shape index (κ3) is 4.81. The van der Waals surface area contributed by atoms with Gasteiger partial charge in [0.15, 0.2) is 10.3 Å². The van der Waals surface area contributed by atoms with Gasteiger partial charge in [-0.3, -0.25) is 14.9 Å². The highest BCUT2D eigenvalue weighted by Crippen LogP contribution is 2.29. The van der Waals surface area contributed by atoms with Crippen LogP contribution in [-0.4, -0.2) is 28.4 Å². The molecule has 9 heteroatoms. The SMILES string of the molecule is CCOc1ccc2nc(NC(=O)Cc3csc(NC(=O)c4ccccc4)n3)sc2c1. The molecule has 0 spiro atoms. The molecule has 0 aliphatic heterocycles.